The lowest BCUT2D eigenvalue weighted by Crippen LogP contribution is -2.10. The highest BCUT2D eigenvalue weighted by Gasteiger charge is 2.30. The van der Waals surface area contributed by atoms with E-state index in [0.717, 1.165) is 0 Å². The predicted octanol–water partition coefficient (Wildman–Crippen LogP) is 1.57. The third-order valence-electron chi connectivity index (χ3n) is 1.93. The third-order valence-corrected chi connectivity index (χ3v) is 3.13. The molecular formula is C10H8O6S. The van der Waals surface area contributed by atoms with Gasteiger partial charge >= 0.3 is 17.9 Å². The maximum Gasteiger partial charge on any atom is 0.346 e. The van der Waals surface area contributed by atoms with Gasteiger partial charge in [0.05, 0.1) is 11.1 Å². The second kappa shape index (κ2) is 4.79. The Morgan fingerprint density at radius 2 is 1.59 bits per heavy atom. The fourth-order valence-corrected chi connectivity index (χ4v) is 2.45. The van der Waals surface area contributed by atoms with Crippen LogP contribution in [-0.2, 0) is 6.42 Å². The summed E-state index contributed by atoms with van der Waals surface area (Å²) >= 11 is 0.643. The van der Waals surface area contributed by atoms with Crippen molar-refractivity contribution in [2.45, 2.75) is 6.42 Å². The Morgan fingerprint density at radius 1 is 1.06 bits per heavy atom. The maximum absolute atomic E-state index is 11.0. The van der Waals surface area contributed by atoms with Gasteiger partial charge in [-0.2, -0.15) is 0 Å². The van der Waals surface area contributed by atoms with Crippen LogP contribution in [0.15, 0.2) is 12.7 Å². The molecule has 0 bridgehead atoms. The molecule has 0 fully saturated rings. The van der Waals surface area contributed by atoms with E-state index in [1.165, 1.54) is 6.08 Å². The van der Waals surface area contributed by atoms with E-state index in [1.54, 1.807) is 0 Å². The minimum Gasteiger partial charge on any atom is -0.478 e. The second-order valence-electron chi connectivity index (χ2n) is 3.01. The number of carboxylic acids is 3. The van der Waals surface area contributed by atoms with Crippen molar-refractivity contribution in [2.75, 3.05) is 0 Å². The summed E-state index contributed by atoms with van der Waals surface area (Å²) in [6.07, 6.45) is 1.50. The highest BCUT2D eigenvalue weighted by Crippen LogP contribution is 2.29. The monoisotopic (exact) mass is 256 g/mol. The molecule has 3 N–H and O–H groups in total. The summed E-state index contributed by atoms with van der Waals surface area (Å²) in [7, 11) is 0. The lowest BCUT2D eigenvalue weighted by atomic mass is 10.1. The van der Waals surface area contributed by atoms with Gasteiger partial charge in [-0.25, -0.2) is 14.4 Å². The van der Waals surface area contributed by atoms with Gasteiger partial charge in [-0.05, 0) is 0 Å². The smallest absolute Gasteiger partial charge is 0.346 e. The molecule has 1 aromatic heterocycles. The maximum atomic E-state index is 11.0. The van der Waals surface area contributed by atoms with Crippen LogP contribution < -0.4 is 0 Å². The van der Waals surface area contributed by atoms with Gasteiger partial charge in [-0.3, -0.25) is 0 Å². The number of allylic oxidation sites excluding steroid dienone is 1. The molecule has 0 unspecified atom stereocenters. The molecule has 0 atom stereocenters. The molecule has 0 saturated heterocycles. The van der Waals surface area contributed by atoms with E-state index in [1.807, 2.05) is 0 Å². The summed E-state index contributed by atoms with van der Waals surface area (Å²) in [6.45, 7) is 3.40. The van der Waals surface area contributed by atoms with Crippen molar-refractivity contribution < 1.29 is 29.7 Å². The van der Waals surface area contributed by atoms with Crippen LogP contribution in [0.3, 0.4) is 0 Å². The van der Waals surface area contributed by atoms with Crippen molar-refractivity contribution in [3.8, 4) is 0 Å². The lowest BCUT2D eigenvalue weighted by molar-refractivity contribution is 0.0637. The van der Waals surface area contributed by atoms with Crippen LogP contribution >= 0.6 is 11.3 Å². The summed E-state index contributed by atoms with van der Waals surface area (Å²) in [5, 5.41) is 26.6. The van der Waals surface area contributed by atoms with E-state index in [2.05, 4.69) is 6.58 Å². The van der Waals surface area contributed by atoms with Crippen molar-refractivity contribution in [2.24, 2.45) is 0 Å². The molecule has 0 aliphatic carbocycles. The molecule has 0 amide bonds. The third kappa shape index (κ3) is 2.34. The molecule has 0 aliphatic rings. The van der Waals surface area contributed by atoms with Gasteiger partial charge in [0.2, 0.25) is 0 Å². The molecule has 90 valence electrons. The quantitative estimate of drug-likeness (QED) is 0.689. The molecule has 1 aromatic rings. The molecular weight excluding hydrogens is 248 g/mol. The minimum absolute atomic E-state index is 0.111. The highest BCUT2D eigenvalue weighted by molar-refractivity contribution is 7.14. The van der Waals surface area contributed by atoms with Gasteiger partial charge in [0.1, 0.15) is 4.88 Å². The molecule has 17 heavy (non-hydrogen) atoms. The molecule has 0 aliphatic heterocycles. The average molecular weight is 256 g/mol. The Labute approximate surface area is 99.4 Å². The van der Waals surface area contributed by atoms with E-state index in [9.17, 15) is 14.4 Å². The highest BCUT2D eigenvalue weighted by atomic mass is 32.1. The first-order chi connectivity index (χ1) is 7.90. The molecule has 0 spiro atoms. The van der Waals surface area contributed by atoms with Gasteiger partial charge in [-0.1, -0.05) is 6.08 Å². The molecule has 1 rings (SSSR count). The molecule has 0 saturated carbocycles. The fourth-order valence-electron chi connectivity index (χ4n) is 1.33. The van der Waals surface area contributed by atoms with E-state index in [0.29, 0.717) is 11.3 Å². The zero-order chi connectivity index (χ0) is 13.2. The first kappa shape index (κ1) is 12.9. The standard InChI is InChI=1S/C10H8O6S/c1-2-3-4-5(8(11)12)6(9(13)14)7(17-4)10(15)16/h2H,1,3H2,(H,11,12)(H,13,14)(H,15,16). The topological polar surface area (TPSA) is 112 Å². The van der Waals surface area contributed by atoms with Crippen LogP contribution in [0.25, 0.3) is 0 Å². The van der Waals surface area contributed by atoms with Crippen LogP contribution in [0.4, 0.5) is 0 Å². The van der Waals surface area contributed by atoms with Crippen LogP contribution in [-0.4, -0.2) is 33.2 Å². The first-order valence-corrected chi connectivity index (χ1v) is 5.18. The minimum atomic E-state index is -1.56. The van der Waals surface area contributed by atoms with Gasteiger partial charge in [-0.15, -0.1) is 17.9 Å². The van der Waals surface area contributed by atoms with Crippen molar-refractivity contribution in [3.05, 3.63) is 33.5 Å². The van der Waals surface area contributed by atoms with Crippen molar-refractivity contribution in [1.82, 2.24) is 0 Å². The average Bonchev–Trinajstić information content (AvgIpc) is 2.57. The molecule has 7 heteroatoms. The van der Waals surface area contributed by atoms with Crippen molar-refractivity contribution >= 4 is 29.2 Å². The number of thiophene rings is 1. The lowest BCUT2D eigenvalue weighted by Gasteiger charge is -1.97. The Kier molecular flexibility index (Phi) is 3.64. The number of carbonyl (C=O) groups is 3. The Morgan fingerprint density at radius 3 is 1.94 bits per heavy atom. The summed E-state index contributed by atoms with van der Waals surface area (Å²) in [4.78, 5) is 32.4. The van der Waals surface area contributed by atoms with Gasteiger partial charge < -0.3 is 15.3 Å². The number of rotatable bonds is 5. The summed E-state index contributed by atoms with van der Waals surface area (Å²) in [5.74, 6) is -4.47. The molecule has 0 aromatic carbocycles. The van der Waals surface area contributed by atoms with Gasteiger partial charge in [0.15, 0.2) is 0 Å². The van der Waals surface area contributed by atoms with Gasteiger partial charge in [0.25, 0.3) is 0 Å². The molecule has 0 radical (unpaired) electrons. The number of aromatic carboxylic acids is 3. The van der Waals surface area contributed by atoms with E-state index >= 15 is 0 Å². The largest absolute Gasteiger partial charge is 0.478 e. The van der Waals surface area contributed by atoms with Crippen LogP contribution in [0.1, 0.15) is 35.3 Å². The zero-order valence-electron chi connectivity index (χ0n) is 8.47. The first-order valence-electron chi connectivity index (χ1n) is 4.36. The van der Waals surface area contributed by atoms with Crippen LogP contribution in [0.2, 0.25) is 0 Å². The number of hydrogen-bond acceptors (Lipinski definition) is 4. The van der Waals surface area contributed by atoms with Crippen molar-refractivity contribution in [3.63, 3.8) is 0 Å². The number of hydrogen-bond donors (Lipinski definition) is 3. The molecule has 6 nitrogen and oxygen atoms in total. The van der Waals surface area contributed by atoms with Crippen LogP contribution in [0.5, 0.6) is 0 Å². The zero-order valence-corrected chi connectivity index (χ0v) is 9.28. The van der Waals surface area contributed by atoms with E-state index in [4.69, 9.17) is 15.3 Å². The second-order valence-corrected chi connectivity index (χ2v) is 4.12. The Bertz CT molecular complexity index is 513. The van der Waals surface area contributed by atoms with Gasteiger partial charge in [0, 0.05) is 11.3 Å². The Balaban J connectivity index is 3.60. The Hall–Kier alpha value is -2.15. The fraction of sp³-hybridized carbons (Fsp3) is 0.100. The number of carboxylic acid groups (broad SMARTS) is 3. The summed E-state index contributed by atoms with van der Waals surface area (Å²) in [6, 6.07) is 0. The van der Waals surface area contributed by atoms with Crippen LogP contribution in [0, 0.1) is 0 Å². The summed E-state index contributed by atoms with van der Waals surface area (Å²) in [5.41, 5.74) is -1.15. The van der Waals surface area contributed by atoms with Crippen molar-refractivity contribution in [1.29, 1.82) is 0 Å². The SMILES string of the molecule is C=CCc1sc(C(=O)O)c(C(=O)O)c1C(=O)O. The normalized spacial score (nSPS) is 9.88. The molecule has 1 heterocycles. The van der Waals surface area contributed by atoms with E-state index < -0.39 is 33.9 Å². The van der Waals surface area contributed by atoms with E-state index in [-0.39, 0.29) is 11.3 Å². The summed E-state index contributed by atoms with van der Waals surface area (Å²) < 4.78 is 0. The predicted molar refractivity (Wildman–Crippen MR) is 59.1 cm³/mol.